The van der Waals surface area contributed by atoms with E-state index in [1.54, 1.807) is 31.2 Å². The van der Waals surface area contributed by atoms with Crippen molar-refractivity contribution in [3.8, 4) is 16.9 Å². The van der Waals surface area contributed by atoms with E-state index in [0.29, 0.717) is 23.5 Å². The van der Waals surface area contributed by atoms with Crippen molar-refractivity contribution in [2.75, 3.05) is 11.9 Å². The van der Waals surface area contributed by atoms with Crippen molar-refractivity contribution in [1.82, 2.24) is 5.32 Å². The van der Waals surface area contributed by atoms with Gasteiger partial charge in [-0.2, -0.15) is 0 Å². The minimum Gasteiger partial charge on any atom is -0.481 e. The number of carbonyl (C=O) groups excluding carboxylic acids is 2. The van der Waals surface area contributed by atoms with Gasteiger partial charge in [0.1, 0.15) is 5.75 Å². The molecule has 0 aliphatic carbocycles. The first-order chi connectivity index (χ1) is 15.1. The van der Waals surface area contributed by atoms with Crippen molar-refractivity contribution in [2.24, 2.45) is 0 Å². The summed E-state index contributed by atoms with van der Waals surface area (Å²) in [6, 6.07) is 24.7. The number of hydrogen-bond acceptors (Lipinski definition) is 3. The molecule has 0 spiro atoms. The van der Waals surface area contributed by atoms with Gasteiger partial charge >= 0.3 is 0 Å². The van der Waals surface area contributed by atoms with Gasteiger partial charge in [-0.3, -0.25) is 9.59 Å². The zero-order valence-electron chi connectivity index (χ0n) is 17.9. The summed E-state index contributed by atoms with van der Waals surface area (Å²) >= 11 is 0. The van der Waals surface area contributed by atoms with Gasteiger partial charge in [-0.15, -0.1) is 0 Å². The summed E-state index contributed by atoms with van der Waals surface area (Å²) in [5.74, 6) is 0.0864. The molecule has 2 amide bonds. The van der Waals surface area contributed by atoms with Crippen LogP contribution in [0.2, 0.25) is 0 Å². The number of amides is 2. The number of benzene rings is 3. The van der Waals surface area contributed by atoms with Crippen LogP contribution in [0, 0.1) is 0 Å². The maximum Gasteiger partial charge on any atom is 0.265 e. The Hall–Kier alpha value is -3.60. The molecule has 0 heterocycles. The van der Waals surface area contributed by atoms with Gasteiger partial charge in [0.2, 0.25) is 0 Å². The number of anilines is 1. The predicted molar refractivity (Wildman–Crippen MR) is 124 cm³/mol. The van der Waals surface area contributed by atoms with Crippen molar-refractivity contribution in [1.29, 1.82) is 0 Å². The average molecular weight is 417 g/mol. The molecule has 0 saturated heterocycles. The van der Waals surface area contributed by atoms with Crippen LogP contribution in [0.1, 0.15) is 37.0 Å². The smallest absolute Gasteiger partial charge is 0.265 e. The highest BCUT2D eigenvalue weighted by Crippen LogP contribution is 2.23. The Kier molecular flexibility index (Phi) is 7.82. The second-order valence-electron chi connectivity index (χ2n) is 7.29. The molecule has 2 N–H and O–H groups in total. The lowest BCUT2D eigenvalue weighted by molar-refractivity contribution is -0.122. The molecule has 0 radical (unpaired) electrons. The maximum absolute atomic E-state index is 12.7. The number of hydrogen-bond donors (Lipinski definition) is 2. The molecule has 31 heavy (non-hydrogen) atoms. The molecule has 1 atom stereocenters. The summed E-state index contributed by atoms with van der Waals surface area (Å²) in [5, 5.41) is 5.69. The summed E-state index contributed by atoms with van der Waals surface area (Å²) in [7, 11) is 0. The molecule has 0 fully saturated rings. The molecule has 5 heteroatoms. The summed E-state index contributed by atoms with van der Waals surface area (Å²) in [6.45, 7) is 4.36. The Bertz CT molecular complexity index is 1000. The highest BCUT2D eigenvalue weighted by Gasteiger charge is 2.18. The van der Waals surface area contributed by atoms with Crippen molar-refractivity contribution in [3.63, 3.8) is 0 Å². The molecule has 0 bridgehead atoms. The van der Waals surface area contributed by atoms with Crippen LogP contribution in [-0.2, 0) is 4.79 Å². The Morgan fingerprint density at radius 2 is 1.52 bits per heavy atom. The van der Waals surface area contributed by atoms with Gasteiger partial charge in [0, 0.05) is 6.54 Å². The van der Waals surface area contributed by atoms with Crippen LogP contribution in [0.5, 0.6) is 5.75 Å². The predicted octanol–water partition coefficient (Wildman–Crippen LogP) is 5.29. The third kappa shape index (κ3) is 6.19. The molecule has 0 aromatic heterocycles. The monoisotopic (exact) mass is 416 g/mol. The Labute approximate surface area is 183 Å². The second kappa shape index (κ2) is 11.0. The van der Waals surface area contributed by atoms with Gasteiger partial charge in [-0.1, -0.05) is 67.9 Å². The summed E-state index contributed by atoms with van der Waals surface area (Å²) in [6.07, 6.45) is 1.19. The van der Waals surface area contributed by atoms with E-state index < -0.39 is 6.10 Å². The van der Waals surface area contributed by atoms with Crippen LogP contribution in [0.25, 0.3) is 11.1 Å². The van der Waals surface area contributed by atoms with E-state index in [1.807, 2.05) is 54.6 Å². The van der Waals surface area contributed by atoms with Gasteiger partial charge in [0.25, 0.3) is 11.8 Å². The van der Waals surface area contributed by atoms with E-state index in [9.17, 15) is 9.59 Å². The highest BCUT2D eigenvalue weighted by molar-refractivity contribution is 6.04. The van der Waals surface area contributed by atoms with Crippen molar-refractivity contribution >= 4 is 17.5 Å². The first-order valence-electron chi connectivity index (χ1n) is 10.6. The number of nitrogens with one attached hydrogen (secondary N) is 2. The van der Waals surface area contributed by atoms with Gasteiger partial charge < -0.3 is 15.4 Å². The third-order valence-electron chi connectivity index (χ3n) is 4.89. The maximum atomic E-state index is 12.7. The Balaban J connectivity index is 1.62. The Morgan fingerprint density at radius 1 is 0.871 bits per heavy atom. The largest absolute Gasteiger partial charge is 0.481 e. The lowest BCUT2D eigenvalue weighted by Crippen LogP contribution is -2.32. The molecule has 3 aromatic carbocycles. The van der Waals surface area contributed by atoms with Crippen LogP contribution >= 0.6 is 0 Å². The first-order valence-corrected chi connectivity index (χ1v) is 10.6. The van der Waals surface area contributed by atoms with E-state index in [4.69, 9.17) is 4.74 Å². The molecular formula is C26H28N2O3. The van der Waals surface area contributed by atoms with Gasteiger partial charge in [0.15, 0.2) is 6.10 Å². The normalized spacial score (nSPS) is 11.4. The number of unbranched alkanes of at least 4 members (excludes halogenated alkanes) is 1. The summed E-state index contributed by atoms with van der Waals surface area (Å²) < 4.78 is 5.81. The van der Waals surface area contributed by atoms with Gasteiger partial charge in [0.05, 0.1) is 11.3 Å². The fourth-order valence-electron chi connectivity index (χ4n) is 3.11. The molecule has 0 saturated carbocycles. The van der Waals surface area contributed by atoms with Crippen LogP contribution < -0.4 is 15.4 Å². The molecule has 3 rings (SSSR count). The highest BCUT2D eigenvalue weighted by atomic mass is 16.5. The summed E-state index contributed by atoms with van der Waals surface area (Å²) in [4.78, 5) is 25.1. The minimum absolute atomic E-state index is 0.200. The zero-order valence-corrected chi connectivity index (χ0v) is 17.9. The van der Waals surface area contributed by atoms with Crippen molar-refractivity contribution in [3.05, 3.63) is 84.4 Å². The molecule has 0 aliphatic heterocycles. The topological polar surface area (TPSA) is 67.4 Å². The van der Waals surface area contributed by atoms with E-state index in [-0.39, 0.29) is 11.8 Å². The lowest BCUT2D eigenvalue weighted by Gasteiger charge is -2.17. The van der Waals surface area contributed by atoms with E-state index in [0.717, 1.165) is 24.0 Å². The molecule has 5 nitrogen and oxygen atoms in total. The number of ether oxygens (including phenoxy) is 1. The molecule has 160 valence electrons. The van der Waals surface area contributed by atoms with Crippen LogP contribution in [-0.4, -0.2) is 24.5 Å². The van der Waals surface area contributed by atoms with E-state index in [2.05, 4.69) is 17.6 Å². The van der Waals surface area contributed by atoms with Crippen molar-refractivity contribution < 1.29 is 14.3 Å². The first kappa shape index (κ1) is 22.1. The number of carbonyl (C=O) groups is 2. The molecule has 1 unspecified atom stereocenters. The van der Waals surface area contributed by atoms with Crippen LogP contribution in [0.3, 0.4) is 0 Å². The van der Waals surface area contributed by atoms with Gasteiger partial charge in [-0.05, 0) is 48.7 Å². The van der Waals surface area contributed by atoms with Gasteiger partial charge in [-0.25, -0.2) is 0 Å². The second-order valence-corrected chi connectivity index (χ2v) is 7.29. The quantitative estimate of drug-likeness (QED) is 0.466. The third-order valence-corrected chi connectivity index (χ3v) is 4.89. The zero-order chi connectivity index (χ0) is 22.1. The summed E-state index contributed by atoms with van der Waals surface area (Å²) in [5.41, 5.74) is 3.10. The van der Waals surface area contributed by atoms with Crippen molar-refractivity contribution in [2.45, 2.75) is 32.8 Å². The number of rotatable bonds is 9. The fraction of sp³-hybridized carbons (Fsp3) is 0.231. The van der Waals surface area contributed by atoms with Crippen LogP contribution in [0.15, 0.2) is 78.9 Å². The minimum atomic E-state index is -0.723. The average Bonchev–Trinajstić information content (AvgIpc) is 2.80. The van der Waals surface area contributed by atoms with Crippen LogP contribution in [0.4, 0.5) is 5.69 Å². The SMILES string of the molecule is CCCCNC(=O)c1ccccc1NC(=O)C(C)Oc1ccc(-c2ccccc2)cc1. The number of para-hydroxylation sites is 1. The molecular weight excluding hydrogens is 388 g/mol. The standard InChI is InChI=1S/C26H28N2O3/c1-3-4-18-27-26(30)23-12-8-9-13-24(23)28-25(29)19(2)31-22-16-14-21(15-17-22)20-10-6-5-7-11-20/h5-17,19H,3-4,18H2,1-2H3,(H,27,30)(H,28,29). The van der Waals surface area contributed by atoms with E-state index >= 15 is 0 Å². The molecule has 0 aliphatic rings. The Morgan fingerprint density at radius 3 is 2.23 bits per heavy atom. The molecule has 3 aromatic rings. The fourth-order valence-corrected chi connectivity index (χ4v) is 3.11. The van der Waals surface area contributed by atoms with E-state index in [1.165, 1.54) is 0 Å². The lowest BCUT2D eigenvalue weighted by atomic mass is 10.1.